The molecule has 4 heteroatoms. The van der Waals surface area contributed by atoms with Crippen molar-refractivity contribution < 1.29 is 4.79 Å². The van der Waals surface area contributed by atoms with Crippen LogP contribution in [0.4, 0.5) is 0 Å². The zero-order chi connectivity index (χ0) is 12.2. The first-order valence-electron chi connectivity index (χ1n) is 6.38. The molecule has 0 aromatic carbocycles. The summed E-state index contributed by atoms with van der Waals surface area (Å²) in [7, 11) is 1.95. The minimum atomic E-state index is 0. The van der Waals surface area contributed by atoms with Gasteiger partial charge < -0.3 is 10.2 Å². The molecule has 0 bridgehead atoms. The molecular formula is C13H27ClN2O. The molecule has 1 rings (SSSR count). The fraction of sp³-hybridized carbons (Fsp3) is 0.923. The molecule has 1 aliphatic rings. The Morgan fingerprint density at radius 3 is 2.59 bits per heavy atom. The molecule has 1 amide bonds. The van der Waals surface area contributed by atoms with Gasteiger partial charge in [-0.15, -0.1) is 12.4 Å². The molecule has 1 saturated heterocycles. The van der Waals surface area contributed by atoms with E-state index in [4.69, 9.17) is 0 Å². The van der Waals surface area contributed by atoms with Gasteiger partial charge in [0.15, 0.2) is 0 Å². The van der Waals surface area contributed by atoms with Gasteiger partial charge in [-0.2, -0.15) is 0 Å². The molecule has 0 saturated carbocycles. The third kappa shape index (κ3) is 5.73. The second kappa shape index (κ2) is 7.22. The highest BCUT2D eigenvalue weighted by molar-refractivity contribution is 5.85. The van der Waals surface area contributed by atoms with Crippen LogP contribution in [0.2, 0.25) is 0 Å². The van der Waals surface area contributed by atoms with Crippen LogP contribution in [0.15, 0.2) is 0 Å². The number of carbonyl (C=O) groups is 1. The van der Waals surface area contributed by atoms with Crippen LogP contribution >= 0.6 is 12.4 Å². The smallest absolute Gasteiger partial charge is 0.222 e. The maximum Gasteiger partial charge on any atom is 0.222 e. The molecule has 0 radical (unpaired) electrons. The van der Waals surface area contributed by atoms with Crippen LogP contribution in [0, 0.1) is 5.41 Å². The summed E-state index contributed by atoms with van der Waals surface area (Å²) in [5, 5.41) is 3.17. The van der Waals surface area contributed by atoms with Crippen LogP contribution in [0.3, 0.4) is 0 Å². The molecule has 0 aliphatic carbocycles. The highest BCUT2D eigenvalue weighted by Gasteiger charge is 2.28. The van der Waals surface area contributed by atoms with E-state index < -0.39 is 0 Å². The number of nitrogens with zero attached hydrogens (tertiary/aromatic N) is 1. The molecule has 0 spiro atoms. The maximum absolute atomic E-state index is 12.1. The van der Waals surface area contributed by atoms with Crippen molar-refractivity contribution >= 4 is 18.3 Å². The Morgan fingerprint density at radius 1 is 1.41 bits per heavy atom. The lowest BCUT2D eigenvalue weighted by atomic mass is 9.90. The Morgan fingerprint density at radius 2 is 2.06 bits per heavy atom. The standard InChI is InChI=1S/C13H26N2O.ClH/c1-13(2,3)8-7-12(16)15-9-5-6-11(15)10-14-4;/h11,14H,5-10H2,1-4H3;1H. The van der Waals surface area contributed by atoms with Crippen LogP contribution in [0.1, 0.15) is 46.5 Å². The summed E-state index contributed by atoms with van der Waals surface area (Å²) < 4.78 is 0. The molecule has 1 fully saturated rings. The van der Waals surface area contributed by atoms with Crippen LogP contribution in [0.25, 0.3) is 0 Å². The van der Waals surface area contributed by atoms with Gasteiger partial charge in [0.05, 0.1) is 0 Å². The number of hydrogen-bond acceptors (Lipinski definition) is 2. The SMILES string of the molecule is CNCC1CCCN1C(=O)CCC(C)(C)C.Cl. The normalized spacial score (nSPS) is 20.2. The summed E-state index contributed by atoms with van der Waals surface area (Å²) in [6.07, 6.45) is 3.99. The molecule has 3 nitrogen and oxygen atoms in total. The van der Waals surface area contributed by atoms with E-state index in [1.54, 1.807) is 0 Å². The van der Waals surface area contributed by atoms with Gasteiger partial charge in [-0.05, 0) is 31.7 Å². The van der Waals surface area contributed by atoms with Crippen molar-refractivity contribution in [2.45, 2.75) is 52.5 Å². The van der Waals surface area contributed by atoms with Crippen molar-refractivity contribution in [3.8, 4) is 0 Å². The average molecular weight is 263 g/mol. The zero-order valence-electron chi connectivity index (χ0n) is 11.6. The van der Waals surface area contributed by atoms with E-state index in [0.29, 0.717) is 18.4 Å². The Kier molecular flexibility index (Phi) is 7.10. The Hall–Kier alpha value is -0.280. The molecule has 1 atom stereocenters. The lowest BCUT2D eigenvalue weighted by molar-refractivity contribution is -0.132. The summed E-state index contributed by atoms with van der Waals surface area (Å²) in [4.78, 5) is 14.1. The summed E-state index contributed by atoms with van der Waals surface area (Å²) in [5.74, 6) is 0.340. The first-order chi connectivity index (χ1) is 7.44. The van der Waals surface area contributed by atoms with E-state index in [0.717, 1.165) is 32.4 Å². The zero-order valence-corrected chi connectivity index (χ0v) is 12.4. The summed E-state index contributed by atoms with van der Waals surface area (Å²) in [6.45, 7) is 8.45. The van der Waals surface area contributed by atoms with Gasteiger partial charge in [0.1, 0.15) is 0 Å². The van der Waals surface area contributed by atoms with E-state index in [1.807, 2.05) is 7.05 Å². The van der Waals surface area contributed by atoms with Crippen molar-refractivity contribution in [1.82, 2.24) is 10.2 Å². The van der Waals surface area contributed by atoms with Crippen LogP contribution in [-0.2, 0) is 4.79 Å². The largest absolute Gasteiger partial charge is 0.338 e. The monoisotopic (exact) mass is 262 g/mol. The number of rotatable bonds is 4. The Bertz CT molecular complexity index is 238. The third-order valence-corrected chi connectivity index (χ3v) is 3.23. The number of likely N-dealkylation sites (N-methyl/N-ethyl adjacent to an activating group) is 1. The lowest BCUT2D eigenvalue weighted by Crippen LogP contribution is -2.41. The molecule has 102 valence electrons. The number of likely N-dealkylation sites (tertiary alicyclic amines) is 1. The van der Waals surface area contributed by atoms with Gasteiger partial charge >= 0.3 is 0 Å². The third-order valence-electron chi connectivity index (χ3n) is 3.23. The first kappa shape index (κ1) is 16.7. The van der Waals surface area contributed by atoms with Crippen LogP contribution in [-0.4, -0.2) is 37.0 Å². The van der Waals surface area contributed by atoms with Gasteiger partial charge in [-0.1, -0.05) is 20.8 Å². The average Bonchev–Trinajstić information content (AvgIpc) is 2.62. The summed E-state index contributed by atoms with van der Waals surface area (Å²) in [5.41, 5.74) is 0.258. The minimum Gasteiger partial charge on any atom is -0.338 e. The van der Waals surface area contributed by atoms with E-state index in [-0.39, 0.29) is 17.8 Å². The van der Waals surface area contributed by atoms with Gasteiger partial charge in [0.2, 0.25) is 5.91 Å². The number of amides is 1. The van der Waals surface area contributed by atoms with Crippen LogP contribution in [0.5, 0.6) is 0 Å². The van der Waals surface area contributed by atoms with Crippen molar-refractivity contribution in [3.05, 3.63) is 0 Å². The van der Waals surface area contributed by atoms with Gasteiger partial charge in [0.25, 0.3) is 0 Å². The van der Waals surface area contributed by atoms with Crippen molar-refractivity contribution in [2.75, 3.05) is 20.1 Å². The van der Waals surface area contributed by atoms with Crippen molar-refractivity contribution in [3.63, 3.8) is 0 Å². The number of nitrogens with one attached hydrogen (secondary N) is 1. The topological polar surface area (TPSA) is 32.3 Å². The second-order valence-electron chi connectivity index (χ2n) is 6.00. The van der Waals surface area contributed by atoms with Gasteiger partial charge in [-0.25, -0.2) is 0 Å². The minimum absolute atomic E-state index is 0. The molecular weight excluding hydrogens is 236 g/mol. The first-order valence-corrected chi connectivity index (χ1v) is 6.38. The molecule has 0 aromatic rings. The number of hydrogen-bond donors (Lipinski definition) is 1. The molecule has 0 aromatic heterocycles. The summed E-state index contributed by atoms with van der Waals surface area (Å²) in [6, 6.07) is 0.428. The number of carbonyl (C=O) groups excluding carboxylic acids is 1. The van der Waals surface area contributed by atoms with E-state index in [2.05, 4.69) is 31.0 Å². The van der Waals surface area contributed by atoms with Crippen LogP contribution < -0.4 is 5.32 Å². The maximum atomic E-state index is 12.1. The Balaban J connectivity index is 0.00000256. The van der Waals surface area contributed by atoms with E-state index in [1.165, 1.54) is 0 Å². The fourth-order valence-corrected chi connectivity index (χ4v) is 2.24. The molecule has 1 unspecified atom stereocenters. The predicted molar refractivity (Wildman–Crippen MR) is 74.6 cm³/mol. The molecule has 1 N–H and O–H groups in total. The molecule has 1 heterocycles. The molecule has 1 aliphatic heterocycles. The van der Waals surface area contributed by atoms with Crippen molar-refractivity contribution in [1.29, 1.82) is 0 Å². The van der Waals surface area contributed by atoms with E-state index in [9.17, 15) is 4.79 Å². The van der Waals surface area contributed by atoms with E-state index >= 15 is 0 Å². The predicted octanol–water partition coefficient (Wildman–Crippen LogP) is 2.44. The van der Waals surface area contributed by atoms with Gasteiger partial charge in [-0.3, -0.25) is 4.79 Å². The Labute approximate surface area is 112 Å². The van der Waals surface area contributed by atoms with Gasteiger partial charge in [0, 0.05) is 25.6 Å². The lowest BCUT2D eigenvalue weighted by Gasteiger charge is -2.26. The summed E-state index contributed by atoms with van der Waals surface area (Å²) >= 11 is 0. The fourth-order valence-electron chi connectivity index (χ4n) is 2.24. The quantitative estimate of drug-likeness (QED) is 0.844. The number of halogens is 1. The second-order valence-corrected chi connectivity index (χ2v) is 6.00. The van der Waals surface area contributed by atoms with Crippen molar-refractivity contribution in [2.24, 2.45) is 5.41 Å². The molecule has 17 heavy (non-hydrogen) atoms. The highest BCUT2D eigenvalue weighted by Crippen LogP contribution is 2.23. The highest BCUT2D eigenvalue weighted by atomic mass is 35.5.